The van der Waals surface area contributed by atoms with Crippen LogP contribution in [-0.4, -0.2) is 23.5 Å². The van der Waals surface area contributed by atoms with Crippen molar-refractivity contribution in [3.05, 3.63) is 78.0 Å². The molecule has 5 aromatic rings. The average Bonchev–Trinajstić information content (AvgIpc) is 3.39. The van der Waals surface area contributed by atoms with Crippen LogP contribution in [0.5, 0.6) is 0 Å². The summed E-state index contributed by atoms with van der Waals surface area (Å²) in [5.41, 5.74) is 3.25. The van der Waals surface area contributed by atoms with Crippen molar-refractivity contribution in [1.82, 2.24) is 15.1 Å². The molecule has 0 bridgehead atoms. The SMILES string of the molecule is Cc1cccc(NS(=O)(=O)c2ccc3oc(-c4nc(-c5ccccn5)no4)c(C)c3c2)c1. The van der Waals surface area contributed by atoms with Crippen molar-refractivity contribution in [2.24, 2.45) is 0 Å². The fraction of sp³-hybridized carbons (Fsp3) is 0.0870. The molecule has 1 N–H and O–H groups in total. The second kappa shape index (κ2) is 7.61. The summed E-state index contributed by atoms with van der Waals surface area (Å²) in [5, 5.41) is 4.61. The van der Waals surface area contributed by atoms with E-state index < -0.39 is 10.0 Å². The number of sulfonamides is 1. The third-order valence-corrected chi connectivity index (χ3v) is 6.38. The highest BCUT2D eigenvalue weighted by atomic mass is 32.2. The monoisotopic (exact) mass is 446 g/mol. The van der Waals surface area contributed by atoms with Gasteiger partial charge in [-0.25, -0.2) is 8.42 Å². The Balaban J connectivity index is 1.51. The van der Waals surface area contributed by atoms with E-state index in [1.807, 2.05) is 26.0 Å². The quantitative estimate of drug-likeness (QED) is 0.406. The van der Waals surface area contributed by atoms with Gasteiger partial charge in [0.1, 0.15) is 11.3 Å². The van der Waals surface area contributed by atoms with Gasteiger partial charge in [-0.05, 0) is 61.9 Å². The molecule has 9 heteroatoms. The van der Waals surface area contributed by atoms with E-state index in [0.29, 0.717) is 39.5 Å². The van der Waals surface area contributed by atoms with Gasteiger partial charge in [0.15, 0.2) is 5.76 Å². The molecule has 32 heavy (non-hydrogen) atoms. The zero-order valence-electron chi connectivity index (χ0n) is 17.2. The van der Waals surface area contributed by atoms with Crippen LogP contribution in [0.1, 0.15) is 11.1 Å². The highest BCUT2D eigenvalue weighted by Crippen LogP contribution is 2.34. The smallest absolute Gasteiger partial charge is 0.294 e. The van der Waals surface area contributed by atoms with Gasteiger partial charge in [0, 0.05) is 22.8 Å². The molecule has 3 aromatic heterocycles. The van der Waals surface area contributed by atoms with Gasteiger partial charge in [0.05, 0.1) is 4.90 Å². The Morgan fingerprint density at radius 2 is 1.84 bits per heavy atom. The molecule has 160 valence electrons. The Labute approximate surface area is 184 Å². The highest BCUT2D eigenvalue weighted by Gasteiger charge is 2.22. The van der Waals surface area contributed by atoms with Crippen LogP contribution in [-0.2, 0) is 10.0 Å². The minimum absolute atomic E-state index is 0.127. The normalized spacial score (nSPS) is 11.7. The molecule has 8 nitrogen and oxygen atoms in total. The fourth-order valence-electron chi connectivity index (χ4n) is 3.41. The minimum atomic E-state index is -3.78. The second-order valence-corrected chi connectivity index (χ2v) is 9.01. The predicted octanol–water partition coefficient (Wildman–Crippen LogP) is 4.96. The number of hydrogen-bond acceptors (Lipinski definition) is 7. The molecule has 0 aliphatic rings. The first-order valence-corrected chi connectivity index (χ1v) is 11.3. The first kappa shape index (κ1) is 20.0. The van der Waals surface area contributed by atoms with Gasteiger partial charge in [-0.15, -0.1) is 0 Å². The van der Waals surface area contributed by atoms with Crippen LogP contribution in [0.4, 0.5) is 5.69 Å². The van der Waals surface area contributed by atoms with Crippen molar-refractivity contribution in [2.75, 3.05) is 4.72 Å². The van der Waals surface area contributed by atoms with Gasteiger partial charge in [-0.3, -0.25) is 9.71 Å². The van der Waals surface area contributed by atoms with Crippen molar-refractivity contribution in [1.29, 1.82) is 0 Å². The molecule has 0 saturated heterocycles. The number of anilines is 1. The van der Waals surface area contributed by atoms with Crippen LogP contribution >= 0.6 is 0 Å². The molecule has 2 aromatic carbocycles. The number of pyridine rings is 1. The maximum Gasteiger partial charge on any atom is 0.294 e. The molecule has 0 spiro atoms. The lowest BCUT2D eigenvalue weighted by Crippen LogP contribution is -2.12. The molecule has 0 aliphatic carbocycles. The van der Waals surface area contributed by atoms with Crippen molar-refractivity contribution in [3.8, 4) is 23.2 Å². The number of aromatic nitrogens is 3. The van der Waals surface area contributed by atoms with Crippen LogP contribution in [0.2, 0.25) is 0 Å². The van der Waals surface area contributed by atoms with Crippen molar-refractivity contribution in [2.45, 2.75) is 18.7 Å². The van der Waals surface area contributed by atoms with E-state index in [-0.39, 0.29) is 10.8 Å². The number of hydrogen-bond donors (Lipinski definition) is 1. The van der Waals surface area contributed by atoms with E-state index in [9.17, 15) is 8.42 Å². The van der Waals surface area contributed by atoms with Crippen molar-refractivity contribution in [3.63, 3.8) is 0 Å². The summed E-state index contributed by atoms with van der Waals surface area (Å²) in [6.07, 6.45) is 1.64. The second-order valence-electron chi connectivity index (χ2n) is 7.33. The summed E-state index contributed by atoms with van der Waals surface area (Å²) in [5.74, 6) is 0.920. The van der Waals surface area contributed by atoms with Crippen LogP contribution in [0.25, 0.3) is 34.1 Å². The summed E-state index contributed by atoms with van der Waals surface area (Å²) in [4.78, 5) is 8.71. The van der Waals surface area contributed by atoms with E-state index in [2.05, 4.69) is 19.8 Å². The van der Waals surface area contributed by atoms with Crippen molar-refractivity contribution >= 4 is 26.7 Å². The summed E-state index contributed by atoms with van der Waals surface area (Å²) < 4.78 is 39.7. The molecular formula is C23H18N4O4S. The summed E-state index contributed by atoms with van der Waals surface area (Å²) in [7, 11) is -3.78. The Morgan fingerprint density at radius 1 is 0.969 bits per heavy atom. The molecule has 5 rings (SSSR count). The number of nitrogens with zero attached hydrogens (tertiary/aromatic N) is 3. The molecule has 0 aliphatic heterocycles. The zero-order chi connectivity index (χ0) is 22.3. The largest absolute Gasteiger partial charge is 0.451 e. The number of rotatable bonds is 5. The first-order chi connectivity index (χ1) is 15.4. The number of benzene rings is 2. The molecule has 3 heterocycles. The minimum Gasteiger partial charge on any atom is -0.451 e. The summed E-state index contributed by atoms with van der Waals surface area (Å²) >= 11 is 0. The van der Waals surface area contributed by atoms with Crippen LogP contribution in [0.3, 0.4) is 0 Å². The predicted molar refractivity (Wildman–Crippen MR) is 119 cm³/mol. The van der Waals surface area contributed by atoms with E-state index in [0.717, 1.165) is 5.56 Å². The van der Waals surface area contributed by atoms with E-state index >= 15 is 0 Å². The number of furan rings is 1. The van der Waals surface area contributed by atoms with Gasteiger partial charge in [0.25, 0.3) is 15.9 Å². The molecule has 0 unspecified atom stereocenters. The molecule has 0 radical (unpaired) electrons. The Morgan fingerprint density at radius 3 is 2.62 bits per heavy atom. The summed E-state index contributed by atoms with van der Waals surface area (Å²) in [6.45, 7) is 3.72. The van der Waals surface area contributed by atoms with Crippen molar-refractivity contribution < 1.29 is 17.4 Å². The zero-order valence-corrected chi connectivity index (χ0v) is 18.1. The Bertz CT molecular complexity index is 1540. The van der Waals surface area contributed by atoms with Gasteiger partial charge in [-0.2, -0.15) is 4.98 Å². The highest BCUT2D eigenvalue weighted by molar-refractivity contribution is 7.92. The maximum atomic E-state index is 12.9. The molecule has 0 saturated carbocycles. The van der Waals surface area contributed by atoms with Gasteiger partial charge >= 0.3 is 0 Å². The fourth-order valence-corrected chi connectivity index (χ4v) is 4.48. The standard InChI is InChI=1S/C23H18N4O4S/c1-14-6-5-7-16(12-14)27-32(28,29)17-9-10-20-18(13-17)15(2)21(30-20)23-25-22(26-31-23)19-8-3-4-11-24-19/h3-13,27H,1-2H3. The lowest BCUT2D eigenvalue weighted by molar-refractivity contribution is 0.419. The lowest BCUT2D eigenvalue weighted by Gasteiger charge is -2.08. The van der Waals surface area contributed by atoms with E-state index in [4.69, 9.17) is 8.94 Å². The van der Waals surface area contributed by atoms with Gasteiger partial charge in [-0.1, -0.05) is 23.4 Å². The maximum absolute atomic E-state index is 12.9. The average molecular weight is 446 g/mol. The van der Waals surface area contributed by atoms with Crippen LogP contribution < -0.4 is 4.72 Å². The first-order valence-electron chi connectivity index (χ1n) is 9.79. The van der Waals surface area contributed by atoms with E-state index in [1.54, 1.807) is 48.7 Å². The van der Waals surface area contributed by atoms with Gasteiger partial charge in [0.2, 0.25) is 5.82 Å². The lowest BCUT2D eigenvalue weighted by atomic mass is 10.1. The third-order valence-electron chi connectivity index (χ3n) is 5.00. The number of aryl methyl sites for hydroxylation is 2. The molecule has 0 fully saturated rings. The van der Waals surface area contributed by atoms with Gasteiger partial charge < -0.3 is 8.94 Å². The Hall–Kier alpha value is -3.98. The number of fused-ring (bicyclic) bond motifs is 1. The summed E-state index contributed by atoms with van der Waals surface area (Å²) in [6, 6.07) is 17.3. The van der Waals surface area contributed by atoms with Crippen LogP contribution in [0, 0.1) is 13.8 Å². The third kappa shape index (κ3) is 3.63. The topological polar surface area (TPSA) is 111 Å². The number of nitrogens with one attached hydrogen (secondary N) is 1. The Kier molecular flexibility index (Phi) is 4.75. The molecular weight excluding hydrogens is 428 g/mol. The van der Waals surface area contributed by atoms with E-state index in [1.165, 1.54) is 6.07 Å². The van der Waals surface area contributed by atoms with Crippen LogP contribution in [0.15, 0.2) is 80.7 Å². The molecule has 0 atom stereocenters. The molecule has 0 amide bonds.